The number of pyridine rings is 1. The van der Waals surface area contributed by atoms with Crippen molar-refractivity contribution in [2.45, 2.75) is 43.5 Å². The van der Waals surface area contributed by atoms with E-state index in [1.807, 2.05) is 0 Å². The Hall–Kier alpha value is -3.01. The first-order valence-corrected chi connectivity index (χ1v) is 14.2. The fourth-order valence-electron chi connectivity index (χ4n) is 5.32. The average Bonchev–Trinajstić information content (AvgIpc) is 3.18. The fraction of sp³-hybridized carbons (Fsp3) is 0.407. The zero-order valence-corrected chi connectivity index (χ0v) is 21.2. The summed E-state index contributed by atoms with van der Waals surface area (Å²) < 4.78 is 28.2. The minimum absolute atomic E-state index is 0.148. The molecule has 1 amide bonds. The third-order valence-corrected chi connectivity index (χ3v) is 9.23. The number of carbonyl (C=O) groups excluding carboxylic acids is 1. The maximum absolute atomic E-state index is 13.3. The van der Waals surface area contributed by atoms with E-state index in [9.17, 15) is 18.0 Å². The quantitative estimate of drug-likeness (QED) is 0.468. The SMILES string of the molecule is O=C(NCC[NH+]1CCc2ccccc2C1)c1cc(=O)[nH]c2ccc(S(=O)(=O)N3CCCCCC3)cc12. The van der Waals surface area contributed by atoms with Crippen molar-refractivity contribution in [1.29, 1.82) is 0 Å². The third kappa shape index (κ3) is 5.23. The first kappa shape index (κ1) is 24.7. The van der Waals surface area contributed by atoms with E-state index in [0.717, 1.165) is 51.7 Å². The largest absolute Gasteiger partial charge is 0.346 e. The normalized spacial score (nSPS) is 18.9. The molecule has 8 nitrogen and oxygen atoms in total. The minimum Gasteiger partial charge on any atom is -0.346 e. The van der Waals surface area contributed by atoms with Crippen molar-refractivity contribution in [3.63, 3.8) is 0 Å². The summed E-state index contributed by atoms with van der Waals surface area (Å²) in [5.41, 5.74) is 2.99. The van der Waals surface area contributed by atoms with Gasteiger partial charge >= 0.3 is 0 Å². The maximum Gasteiger partial charge on any atom is 0.252 e. The number of sulfonamides is 1. The van der Waals surface area contributed by atoms with Gasteiger partial charge in [-0.3, -0.25) is 9.59 Å². The van der Waals surface area contributed by atoms with Gasteiger partial charge in [0.05, 0.1) is 30.1 Å². The fourth-order valence-corrected chi connectivity index (χ4v) is 6.86. The van der Waals surface area contributed by atoms with E-state index in [1.165, 1.54) is 38.5 Å². The highest BCUT2D eigenvalue weighted by Crippen LogP contribution is 2.25. The summed E-state index contributed by atoms with van der Waals surface area (Å²) in [6, 6.07) is 14.3. The standard InChI is InChI=1S/C27H32N4O4S/c32-26-18-24(27(33)28-12-16-30-15-11-20-7-3-4-8-21(20)19-30)23-17-22(9-10-25(23)29-26)36(34,35)31-13-5-1-2-6-14-31/h3-4,7-10,17-18H,1-2,5-6,11-16,19H2,(H,28,33)(H,29,32)/p+1. The predicted octanol–water partition coefficient (Wildman–Crippen LogP) is 1.46. The van der Waals surface area contributed by atoms with Crippen molar-refractivity contribution in [2.75, 3.05) is 32.7 Å². The Balaban J connectivity index is 1.33. The highest BCUT2D eigenvalue weighted by molar-refractivity contribution is 7.89. The second kappa shape index (κ2) is 10.5. The highest BCUT2D eigenvalue weighted by atomic mass is 32.2. The number of aromatic amines is 1. The number of rotatable bonds is 6. The Morgan fingerprint density at radius 2 is 1.75 bits per heavy atom. The zero-order valence-electron chi connectivity index (χ0n) is 20.4. The molecule has 2 aromatic carbocycles. The molecule has 0 spiro atoms. The van der Waals surface area contributed by atoms with E-state index in [1.54, 1.807) is 6.07 Å². The molecule has 1 atom stereocenters. The van der Waals surface area contributed by atoms with E-state index in [2.05, 4.69) is 34.6 Å². The van der Waals surface area contributed by atoms with E-state index >= 15 is 0 Å². The smallest absolute Gasteiger partial charge is 0.252 e. The van der Waals surface area contributed by atoms with Crippen LogP contribution in [0.25, 0.3) is 10.9 Å². The van der Waals surface area contributed by atoms with Crippen molar-refractivity contribution >= 4 is 26.8 Å². The molecular weight excluding hydrogens is 476 g/mol. The second-order valence-electron chi connectivity index (χ2n) is 9.77. The molecule has 5 rings (SSSR count). The van der Waals surface area contributed by atoms with Crippen LogP contribution in [0.2, 0.25) is 0 Å². The van der Waals surface area contributed by atoms with Gasteiger partial charge in [-0.15, -0.1) is 0 Å². The van der Waals surface area contributed by atoms with Crippen molar-refractivity contribution in [3.05, 3.63) is 75.6 Å². The van der Waals surface area contributed by atoms with Gasteiger partial charge in [0.15, 0.2) is 0 Å². The summed E-state index contributed by atoms with van der Waals surface area (Å²) in [5, 5.41) is 3.38. The van der Waals surface area contributed by atoms with Crippen LogP contribution >= 0.6 is 0 Å². The van der Waals surface area contributed by atoms with Gasteiger partial charge in [0, 0.05) is 42.0 Å². The molecule has 0 bridgehead atoms. The molecule has 1 aromatic heterocycles. The molecule has 0 aliphatic carbocycles. The Labute approximate surface area is 211 Å². The van der Waals surface area contributed by atoms with Crippen LogP contribution < -0.4 is 15.8 Å². The number of quaternary nitrogens is 1. The molecule has 0 saturated carbocycles. The van der Waals surface area contributed by atoms with Crippen LogP contribution in [0, 0.1) is 0 Å². The molecule has 1 fully saturated rings. The van der Waals surface area contributed by atoms with Crippen molar-refractivity contribution in [3.8, 4) is 0 Å². The Kier molecular flexibility index (Phi) is 7.22. The molecule has 9 heteroatoms. The number of nitrogens with zero attached hydrogens (tertiary/aromatic N) is 1. The van der Waals surface area contributed by atoms with Crippen LogP contribution in [0.3, 0.4) is 0 Å². The Morgan fingerprint density at radius 3 is 2.53 bits per heavy atom. The van der Waals surface area contributed by atoms with Gasteiger partial charge in [-0.1, -0.05) is 37.1 Å². The van der Waals surface area contributed by atoms with Gasteiger partial charge in [0.2, 0.25) is 15.6 Å². The van der Waals surface area contributed by atoms with Crippen LogP contribution in [-0.2, 0) is 23.0 Å². The van der Waals surface area contributed by atoms with Crippen LogP contribution in [-0.4, -0.2) is 56.3 Å². The highest BCUT2D eigenvalue weighted by Gasteiger charge is 2.26. The number of hydrogen-bond donors (Lipinski definition) is 3. The van der Waals surface area contributed by atoms with E-state index in [0.29, 0.717) is 30.5 Å². The number of aromatic nitrogens is 1. The number of benzene rings is 2. The molecule has 3 aromatic rings. The number of amides is 1. The lowest BCUT2D eigenvalue weighted by Gasteiger charge is -2.25. The van der Waals surface area contributed by atoms with Crippen molar-refractivity contribution in [2.24, 2.45) is 0 Å². The van der Waals surface area contributed by atoms with Gasteiger partial charge in [0.25, 0.3) is 5.91 Å². The Morgan fingerprint density at radius 1 is 1.00 bits per heavy atom. The molecule has 36 heavy (non-hydrogen) atoms. The molecule has 2 aliphatic rings. The molecule has 2 aliphatic heterocycles. The van der Waals surface area contributed by atoms with Crippen molar-refractivity contribution in [1.82, 2.24) is 14.6 Å². The van der Waals surface area contributed by atoms with Gasteiger partial charge in [0.1, 0.15) is 6.54 Å². The molecule has 190 valence electrons. The average molecular weight is 510 g/mol. The maximum atomic E-state index is 13.3. The number of hydrogen-bond acceptors (Lipinski definition) is 4. The van der Waals surface area contributed by atoms with E-state index < -0.39 is 15.6 Å². The third-order valence-electron chi connectivity index (χ3n) is 7.33. The topological polar surface area (TPSA) is 104 Å². The zero-order chi connectivity index (χ0) is 25.1. The molecule has 3 heterocycles. The van der Waals surface area contributed by atoms with Crippen LogP contribution in [0.15, 0.2) is 58.2 Å². The number of carbonyl (C=O) groups is 1. The van der Waals surface area contributed by atoms with Gasteiger partial charge in [-0.25, -0.2) is 8.42 Å². The minimum atomic E-state index is -3.68. The lowest BCUT2D eigenvalue weighted by atomic mass is 10.00. The molecule has 0 radical (unpaired) electrons. The summed E-state index contributed by atoms with van der Waals surface area (Å²) in [4.78, 5) is 29.6. The number of nitrogens with one attached hydrogen (secondary N) is 3. The Bertz CT molecular complexity index is 1430. The van der Waals surface area contributed by atoms with Gasteiger partial charge in [-0.2, -0.15) is 4.31 Å². The number of fused-ring (bicyclic) bond motifs is 2. The lowest BCUT2D eigenvalue weighted by molar-refractivity contribution is -0.914. The summed E-state index contributed by atoms with van der Waals surface area (Å²) >= 11 is 0. The molecule has 3 N–H and O–H groups in total. The molecule has 1 unspecified atom stereocenters. The first-order chi connectivity index (χ1) is 17.4. The predicted molar refractivity (Wildman–Crippen MR) is 139 cm³/mol. The second-order valence-corrected chi connectivity index (χ2v) is 11.7. The van der Waals surface area contributed by atoms with Crippen LogP contribution in [0.1, 0.15) is 47.2 Å². The molecular formula is C27H33N4O4S+. The molecule has 1 saturated heterocycles. The van der Waals surface area contributed by atoms with Crippen LogP contribution in [0.5, 0.6) is 0 Å². The summed E-state index contributed by atoms with van der Waals surface area (Å²) in [5.74, 6) is -0.368. The van der Waals surface area contributed by atoms with Gasteiger partial charge < -0.3 is 15.2 Å². The summed E-state index contributed by atoms with van der Waals surface area (Å²) in [6.07, 6.45) is 4.77. The first-order valence-electron chi connectivity index (χ1n) is 12.8. The summed E-state index contributed by atoms with van der Waals surface area (Å²) in [6.45, 7) is 4.19. The van der Waals surface area contributed by atoms with Crippen molar-refractivity contribution < 1.29 is 18.1 Å². The van der Waals surface area contributed by atoms with Gasteiger partial charge in [-0.05, 0) is 36.6 Å². The monoisotopic (exact) mass is 509 g/mol. The van der Waals surface area contributed by atoms with E-state index in [-0.39, 0.29) is 16.4 Å². The lowest BCUT2D eigenvalue weighted by Crippen LogP contribution is -3.12. The number of H-pyrrole nitrogens is 1. The van der Waals surface area contributed by atoms with E-state index in [4.69, 9.17) is 0 Å². The van der Waals surface area contributed by atoms with Crippen LogP contribution in [0.4, 0.5) is 0 Å². The summed E-state index contributed by atoms with van der Waals surface area (Å²) in [7, 11) is -3.68.